The second-order valence-corrected chi connectivity index (χ2v) is 3.04. The van der Waals surface area contributed by atoms with Gasteiger partial charge < -0.3 is 14.4 Å². The fraction of sp³-hybridized carbons (Fsp3) is 0.500. The highest BCUT2D eigenvalue weighted by atomic mass is 16.5. The van der Waals surface area contributed by atoms with Gasteiger partial charge in [-0.15, -0.1) is 0 Å². The Hall–Kier alpha value is -1.52. The molecule has 5 nitrogen and oxygen atoms in total. The van der Waals surface area contributed by atoms with E-state index in [0.717, 1.165) is 0 Å². The molecule has 0 aromatic carbocycles. The van der Waals surface area contributed by atoms with Crippen molar-refractivity contribution < 1.29 is 19.2 Å². The molecule has 0 aliphatic rings. The zero-order valence-electron chi connectivity index (χ0n) is 7.48. The average Bonchev–Trinajstić information content (AvgIpc) is 2.48. The smallest absolute Gasteiger partial charge is 0.374 e. The van der Waals surface area contributed by atoms with Crippen LogP contribution in [0.3, 0.4) is 0 Å². The average molecular weight is 185 g/mol. The predicted molar refractivity (Wildman–Crippen MR) is 43.8 cm³/mol. The van der Waals surface area contributed by atoms with E-state index in [1.165, 1.54) is 6.07 Å². The molecule has 0 saturated carbocycles. The van der Waals surface area contributed by atoms with E-state index in [1.54, 1.807) is 0 Å². The minimum Gasteiger partial charge on any atom is -0.475 e. The predicted octanol–water partition coefficient (Wildman–Crippen LogP) is 1.41. The molecule has 1 N–H and O–H groups in total. The highest BCUT2D eigenvalue weighted by Crippen LogP contribution is 2.11. The van der Waals surface area contributed by atoms with Crippen LogP contribution >= 0.6 is 0 Å². The van der Waals surface area contributed by atoms with E-state index in [-0.39, 0.29) is 11.6 Å². The number of aromatic nitrogens is 1. The van der Waals surface area contributed by atoms with E-state index in [0.29, 0.717) is 12.5 Å². The molecule has 1 heterocycles. The van der Waals surface area contributed by atoms with Gasteiger partial charge in [-0.2, -0.15) is 0 Å². The van der Waals surface area contributed by atoms with E-state index in [9.17, 15) is 4.79 Å². The molecule has 0 atom stereocenters. The Bertz CT molecular complexity index is 292. The lowest BCUT2D eigenvalue weighted by Crippen LogP contribution is -2.04. The molecule has 0 spiro atoms. The highest BCUT2D eigenvalue weighted by molar-refractivity contribution is 5.84. The van der Waals surface area contributed by atoms with Crippen LogP contribution in [0.1, 0.15) is 24.4 Å². The zero-order chi connectivity index (χ0) is 9.84. The summed E-state index contributed by atoms with van der Waals surface area (Å²) in [6.45, 7) is 4.46. The van der Waals surface area contributed by atoms with Gasteiger partial charge in [0.05, 0.1) is 12.7 Å². The number of hydrogen-bond acceptors (Lipinski definition) is 4. The van der Waals surface area contributed by atoms with Crippen LogP contribution in [0.2, 0.25) is 0 Å². The molecule has 0 aliphatic heterocycles. The number of rotatable bonds is 4. The Labute approximate surface area is 75.3 Å². The molecule has 72 valence electrons. The van der Waals surface area contributed by atoms with Gasteiger partial charge in [0.1, 0.15) is 0 Å². The Morgan fingerprint density at radius 2 is 2.46 bits per heavy atom. The monoisotopic (exact) mass is 185 g/mol. The molecule has 1 aromatic rings. The maximum absolute atomic E-state index is 10.4. The molecule has 0 unspecified atom stereocenters. The Kier molecular flexibility index (Phi) is 2.89. The summed E-state index contributed by atoms with van der Waals surface area (Å²) >= 11 is 0. The molecule has 0 aliphatic carbocycles. The van der Waals surface area contributed by atoms with E-state index in [2.05, 4.69) is 9.68 Å². The summed E-state index contributed by atoms with van der Waals surface area (Å²) in [5, 5.41) is 11.9. The van der Waals surface area contributed by atoms with Crippen molar-refractivity contribution in [2.45, 2.75) is 13.8 Å². The van der Waals surface area contributed by atoms with E-state index >= 15 is 0 Å². The van der Waals surface area contributed by atoms with Gasteiger partial charge in [0.2, 0.25) is 5.76 Å². The van der Waals surface area contributed by atoms with Crippen LogP contribution in [0, 0.1) is 5.92 Å². The van der Waals surface area contributed by atoms with Crippen LogP contribution in [0.5, 0.6) is 5.88 Å². The van der Waals surface area contributed by atoms with Crippen LogP contribution in [0.15, 0.2) is 10.6 Å². The topological polar surface area (TPSA) is 72.6 Å². The Morgan fingerprint density at radius 1 is 1.77 bits per heavy atom. The SMILES string of the molecule is CC(C)COc1cc(C(=O)O)on1. The maximum atomic E-state index is 10.4. The lowest BCUT2D eigenvalue weighted by atomic mass is 10.2. The summed E-state index contributed by atoms with van der Waals surface area (Å²) in [5.74, 6) is -0.776. The largest absolute Gasteiger partial charge is 0.475 e. The minimum atomic E-state index is -1.15. The number of aromatic carboxylic acids is 1. The van der Waals surface area contributed by atoms with Gasteiger partial charge in [0.25, 0.3) is 5.88 Å². The zero-order valence-corrected chi connectivity index (χ0v) is 7.48. The summed E-state index contributed by atoms with van der Waals surface area (Å²) in [7, 11) is 0. The summed E-state index contributed by atoms with van der Waals surface area (Å²) in [4.78, 5) is 10.4. The van der Waals surface area contributed by atoms with Crippen molar-refractivity contribution in [3.8, 4) is 5.88 Å². The molecule has 13 heavy (non-hydrogen) atoms. The lowest BCUT2D eigenvalue weighted by molar-refractivity contribution is 0.0651. The molecular formula is C8H11NO4. The second-order valence-electron chi connectivity index (χ2n) is 3.04. The first-order valence-corrected chi connectivity index (χ1v) is 3.92. The summed E-state index contributed by atoms with van der Waals surface area (Å²) in [5.41, 5.74) is 0. The van der Waals surface area contributed by atoms with Gasteiger partial charge in [-0.3, -0.25) is 0 Å². The molecule has 0 amide bonds. The van der Waals surface area contributed by atoms with Gasteiger partial charge in [0, 0.05) is 0 Å². The van der Waals surface area contributed by atoms with Crippen molar-refractivity contribution >= 4 is 5.97 Å². The Balaban J connectivity index is 2.54. The van der Waals surface area contributed by atoms with E-state index in [1.807, 2.05) is 13.8 Å². The maximum Gasteiger partial charge on any atom is 0.374 e. The highest BCUT2D eigenvalue weighted by Gasteiger charge is 2.11. The summed E-state index contributed by atoms with van der Waals surface area (Å²) < 4.78 is 9.61. The third-order valence-electron chi connectivity index (χ3n) is 1.26. The van der Waals surface area contributed by atoms with Gasteiger partial charge in [-0.05, 0) is 11.1 Å². The van der Waals surface area contributed by atoms with Crippen molar-refractivity contribution in [3.63, 3.8) is 0 Å². The number of carboxylic acids is 1. The van der Waals surface area contributed by atoms with Crippen LogP contribution in [0.4, 0.5) is 0 Å². The molecule has 1 rings (SSSR count). The standard InChI is InChI=1S/C8H11NO4/c1-5(2)4-12-7-3-6(8(10)11)13-9-7/h3,5H,4H2,1-2H3,(H,10,11). The first-order valence-electron chi connectivity index (χ1n) is 3.92. The van der Waals surface area contributed by atoms with Crippen LogP contribution in [-0.2, 0) is 0 Å². The summed E-state index contributed by atoms with van der Waals surface area (Å²) in [6.07, 6.45) is 0. The van der Waals surface area contributed by atoms with Crippen molar-refractivity contribution in [3.05, 3.63) is 11.8 Å². The molecule has 0 bridgehead atoms. The molecular weight excluding hydrogens is 174 g/mol. The Morgan fingerprint density at radius 3 is 2.92 bits per heavy atom. The van der Waals surface area contributed by atoms with Gasteiger partial charge in [-0.1, -0.05) is 13.8 Å². The summed E-state index contributed by atoms with van der Waals surface area (Å²) in [6, 6.07) is 1.25. The fourth-order valence-electron chi connectivity index (χ4n) is 0.680. The van der Waals surface area contributed by atoms with Crippen molar-refractivity contribution in [2.24, 2.45) is 5.92 Å². The van der Waals surface area contributed by atoms with Crippen molar-refractivity contribution in [2.75, 3.05) is 6.61 Å². The number of carbonyl (C=O) groups is 1. The van der Waals surface area contributed by atoms with Gasteiger partial charge >= 0.3 is 5.97 Å². The number of nitrogens with zero attached hydrogens (tertiary/aromatic N) is 1. The second kappa shape index (κ2) is 3.93. The van der Waals surface area contributed by atoms with Gasteiger partial charge in [-0.25, -0.2) is 4.79 Å². The van der Waals surface area contributed by atoms with Gasteiger partial charge in [0.15, 0.2) is 0 Å². The van der Waals surface area contributed by atoms with E-state index in [4.69, 9.17) is 9.84 Å². The quantitative estimate of drug-likeness (QED) is 0.767. The van der Waals surface area contributed by atoms with Crippen molar-refractivity contribution in [1.82, 2.24) is 5.16 Å². The molecule has 5 heteroatoms. The fourth-order valence-corrected chi connectivity index (χ4v) is 0.680. The number of ether oxygens (including phenoxy) is 1. The molecule has 0 saturated heterocycles. The molecule has 0 fully saturated rings. The van der Waals surface area contributed by atoms with E-state index < -0.39 is 5.97 Å². The number of carboxylic acid groups (broad SMARTS) is 1. The van der Waals surface area contributed by atoms with Crippen LogP contribution in [0.25, 0.3) is 0 Å². The number of hydrogen-bond donors (Lipinski definition) is 1. The first-order chi connectivity index (χ1) is 6.09. The van der Waals surface area contributed by atoms with Crippen molar-refractivity contribution in [1.29, 1.82) is 0 Å². The minimum absolute atomic E-state index is 0.209. The molecule has 1 aromatic heterocycles. The third-order valence-corrected chi connectivity index (χ3v) is 1.26. The van der Waals surface area contributed by atoms with Crippen LogP contribution < -0.4 is 4.74 Å². The lowest BCUT2D eigenvalue weighted by Gasteiger charge is -2.03. The van der Waals surface area contributed by atoms with Crippen LogP contribution in [-0.4, -0.2) is 22.8 Å². The third kappa shape index (κ3) is 2.77. The molecule has 0 radical (unpaired) electrons. The normalized spacial score (nSPS) is 10.4. The first kappa shape index (κ1) is 9.57.